The molecule has 1 heterocycles. The number of pyridine rings is 1. The molecule has 4 heteroatoms. The minimum Gasteiger partial charge on any atom is -0.377 e. The molecule has 0 aliphatic rings. The maximum Gasteiger partial charge on any atom is 0.146 e. The van der Waals surface area contributed by atoms with Crippen molar-refractivity contribution in [1.82, 2.24) is 4.98 Å². The average molecular weight is 231 g/mol. The molecule has 0 fully saturated rings. The second-order valence-electron chi connectivity index (χ2n) is 3.69. The van der Waals surface area contributed by atoms with Gasteiger partial charge >= 0.3 is 0 Å². The van der Waals surface area contributed by atoms with Gasteiger partial charge in [0.2, 0.25) is 0 Å². The lowest BCUT2D eigenvalue weighted by atomic mass is 10.2. The highest BCUT2D eigenvalue weighted by atomic mass is 19.1. The highest BCUT2D eigenvalue weighted by Gasteiger charge is 2.01. The molecule has 1 aromatic heterocycles. The zero-order valence-corrected chi connectivity index (χ0v) is 9.36. The van der Waals surface area contributed by atoms with Crippen LogP contribution in [0.15, 0.2) is 42.6 Å². The van der Waals surface area contributed by atoms with Crippen molar-refractivity contribution in [1.29, 1.82) is 0 Å². The quantitative estimate of drug-likeness (QED) is 0.848. The summed E-state index contributed by atoms with van der Waals surface area (Å²) >= 11 is 0. The van der Waals surface area contributed by atoms with E-state index in [9.17, 15) is 4.39 Å². The molecule has 2 rings (SSSR count). The van der Waals surface area contributed by atoms with E-state index >= 15 is 0 Å². The standard InChI is InChI=1S/C13H14FN3/c14-12-3-1-2-4-13(12)17-9-11-7-10(8-15)5-6-16-11/h1-7,17H,8-9,15H2. The van der Waals surface area contributed by atoms with E-state index in [4.69, 9.17) is 5.73 Å². The van der Waals surface area contributed by atoms with Crippen LogP contribution in [0, 0.1) is 5.82 Å². The van der Waals surface area contributed by atoms with Crippen LogP contribution in [0.2, 0.25) is 0 Å². The molecule has 2 aromatic rings. The van der Waals surface area contributed by atoms with Crippen molar-refractivity contribution in [3.05, 3.63) is 59.7 Å². The summed E-state index contributed by atoms with van der Waals surface area (Å²) in [6.07, 6.45) is 1.71. The lowest BCUT2D eigenvalue weighted by molar-refractivity contribution is 0.630. The van der Waals surface area contributed by atoms with Gasteiger partial charge < -0.3 is 11.1 Å². The fraction of sp³-hybridized carbons (Fsp3) is 0.154. The van der Waals surface area contributed by atoms with Crippen molar-refractivity contribution in [2.75, 3.05) is 5.32 Å². The molecular weight excluding hydrogens is 217 g/mol. The molecule has 3 nitrogen and oxygen atoms in total. The topological polar surface area (TPSA) is 50.9 Å². The number of nitrogens with one attached hydrogen (secondary N) is 1. The number of aromatic nitrogens is 1. The highest BCUT2D eigenvalue weighted by Crippen LogP contribution is 2.13. The number of para-hydroxylation sites is 1. The summed E-state index contributed by atoms with van der Waals surface area (Å²) in [6.45, 7) is 0.962. The van der Waals surface area contributed by atoms with Crippen molar-refractivity contribution in [2.45, 2.75) is 13.1 Å². The summed E-state index contributed by atoms with van der Waals surface area (Å²) in [5.41, 5.74) is 7.88. The molecule has 0 saturated heterocycles. The lowest BCUT2D eigenvalue weighted by Gasteiger charge is -2.07. The molecule has 3 N–H and O–H groups in total. The number of nitrogens with zero attached hydrogens (tertiary/aromatic N) is 1. The van der Waals surface area contributed by atoms with Crippen molar-refractivity contribution < 1.29 is 4.39 Å². The van der Waals surface area contributed by atoms with E-state index in [1.165, 1.54) is 6.07 Å². The van der Waals surface area contributed by atoms with Gasteiger partial charge in [0.1, 0.15) is 5.82 Å². The van der Waals surface area contributed by atoms with E-state index in [1.807, 2.05) is 12.1 Å². The fourth-order valence-electron chi connectivity index (χ4n) is 1.54. The van der Waals surface area contributed by atoms with Gasteiger partial charge in [0, 0.05) is 12.7 Å². The first kappa shape index (κ1) is 11.5. The molecule has 0 amide bonds. The van der Waals surface area contributed by atoms with Crippen LogP contribution in [-0.4, -0.2) is 4.98 Å². The molecule has 0 bridgehead atoms. The zero-order valence-electron chi connectivity index (χ0n) is 9.36. The Bertz CT molecular complexity index is 500. The second-order valence-corrected chi connectivity index (χ2v) is 3.69. The minimum absolute atomic E-state index is 0.262. The van der Waals surface area contributed by atoms with E-state index < -0.39 is 0 Å². The lowest BCUT2D eigenvalue weighted by Crippen LogP contribution is -2.05. The first-order valence-corrected chi connectivity index (χ1v) is 5.42. The number of anilines is 1. The first-order chi connectivity index (χ1) is 8.29. The summed E-state index contributed by atoms with van der Waals surface area (Å²) in [4.78, 5) is 4.19. The smallest absolute Gasteiger partial charge is 0.146 e. The average Bonchev–Trinajstić information content (AvgIpc) is 2.38. The van der Waals surface area contributed by atoms with Crippen LogP contribution in [0.1, 0.15) is 11.3 Å². The van der Waals surface area contributed by atoms with Crippen molar-refractivity contribution in [3.63, 3.8) is 0 Å². The molecule has 1 aromatic carbocycles. The van der Waals surface area contributed by atoms with E-state index in [-0.39, 0.29) is 5.82 Å². The molecule has 0 saturated carbocycles. The zero-order chi connectivity index (χ0) is 12.1. The number of hydrogen-bond donors (Lipinski definition) is 2. The van der Waals surface area contributed by atoms with Crippen LogP contribution in [0.3, 0.4) is 0 Å². The van der Waals surface area contributed by atoms with Gasteiger partial charge in [-0.25, -0.2) is 4.39 Å². The monoisotopic (exact) mass is 231 g/mol. The Morgan fingerprint density at radius 3 is 2.82 bits per heavy atom. The fourth-order valence-corrected chi connectivity index (χ4v) is 1.54. The molecular formula is C13H14FN3. The Balaban J connectivity index is 2.05. The van der Waals surface area contributed by atoms with Gasteiger partial charge in [-0.2, -0.15) is 0 Å². The molecule has 0 radical (unpaired) electrons. The van der Waals surface area contributed by atoms with Gasteiger partial charge in [-0.05, 0) is 29.8 Å². The Morgan fingerprint density at radius 1 is 1.24 bits per heavy atom. The molecule has 0 atom stereocenters. The predicted octanol–water partition coefficient (Wildman–Crippen LogP) is 2.29. The normalized spacial score (nSPS) is 10.2. The summed E-state index contributed by atoms with van der Waals surface area (Å²) < 4.78 is 13.3. The summed E-state index contributed by atoms with van der Waals surface area (Å²) in [7, 11) is 0. The van der Waals surface area contributed by atoms with Crippen LogP contribution in [0.25, 0.3) is 0 Å². The third-order valence-electron chi connectivity index (χ3n) is 2.45. The van der Waals surface area contributed by atoms with Gasteiger partial charge in [0.15, 0.2) is 0 Å². The summed E-state index contributed by atoms with van der Waals surface area (Å²) in [5, 5.41) is 3.00. The number of nitrogens with two attached hydrogens (primary N) is 1. The van der Waals surface area contributed by atoms with Gasteiger partial charge in [-0.15, -0.1) is 0 Å². The maximum atomic E-state index is 13.3. The highest BCUT2D eigenvalue weighted by molar-refractivity contribution is 5.44. The summed E-state index contributed by atoms with van der Waals surface area (Å²) in [6, 6.07) is 10.3. The number of benzene rings is 1. The van der Waals surface area contributed by atoms with Crippen LogP contribution in [0.4, 0.5) is 10.1 Å². The Labute approximate surface area is 99.5 Å². The third-order valence-corrected chi connectivity index (χ3v) is 2.45. The van der Waals surface area contributed by atoms with Gasteiger partial charge in [0.05, 0.1) is 17.9 Å². The number of hydrogen-bond acceptors (Lipinski definition) is 3. The van der Waals surface area contributed by atoms with Crippen LogP contribution in [-0.2, 0) is 13.1 Å². The van der Waals surface area contributed by atoms with E-state index in [1.54, 1.807) is 24.4 Å². The Kier molecular flexibility index (Phi) is 3.67. The SMILES string of the molecule is NCc1ccnc(CNc2ccccc2F)c1. The van der Waals surface area contributed by atoms with E-state index in [0.717, 1.165) is 11.3 Å². The van der Waals surface area contributed by atoms with Gasteiger partial charge in [-0.3, -0.25) is 4.98 Å². The van der Waals surface area contributed by atoms with E-state index in [0.29, 0.717) is 18.8 Å². The second kappa shape index (κ2) is 5.41. The van der Waals surface area contributed by atoms with Crippen LogP contribution >= 0.6 is 0 Å². The predicted molar refractivity (Wildman–Crippen MR) is 65.9 cm³/mol. The molecule has 0 spiro atoms. The molecule has 0 unspecified atom stereocenters. The molecule has 0 aliphatic carbocycles. The summed E-state index contributed by atoms with van der Waals surface area (Å²) in [5.74, 6) is -0.262. The van der Waals surface area contributed by atoms with Gasteiger partial charge in [-0.1, -0.05) is 12.1 Å². The minimum atomic E-state index is -0.262. The molecule has 17 heavy (non-hydrogen) atoms. The maximum absolute atomic E-state index is 13.3. The van der Waals surface area contributed by atoms with Crippen molar-refractivity contribution in [3.8, 4) is 0 Å². The van der Waals surface area contributed by atoms with Crippen molar-refractivity contribution in [2.24, 2.45) is 5.73 Å². The Morgan fingerprint density at radius 2 is 2.06 bits per heavy atom. The number of rotatable bonds is 4. The largest absolute Gasteiger partial charge is 0.377 e. The third kappa shape index (κ3) is 3.01. The van der Waals surface area contributed by atoms with Crippen molar-refractivity contribution >= 4 is 5.69 Å². The van der Waals surface area contributed by atoms with Crippen LogP contribution < -0.4 is 11.1 Å². The molecule has 0 aliphatic heterocycles. The Hall–Kier alpha value is -1.94. The molecule has 88 valence electrons. The first-order valence-electron chi connectivity index (χ1n) is 5.42. The van der Waals surface area contributed by atoms with Gasteiger partial charge in [0.25, 0.3) is 0 Å². The van der Waals surface area contributed by atoms with Crippen LogP contribution in [0.5, 0.6) is 0 Å². The van der Waals surface area contributed by atoms with E-state index in [2.05, 4.69) is 10.3 Å². The number of halogens is 1.